The number of carboxylic acid groups (broad SMARTS) is 1. The van der Waals surface area contributed by atoms with Gasteiger partial charge in [-0.15, -0.1) is 0 Å². The van der Waals surface area contributed by atoms with Gasteiger partial charge in [0.05, 0.1) is 13.2 Å². The summed E-state index contributed by atoms with van der Waals surface area (Å²) in [7, 11) is 0. The van der Waals surface area contributed by atoms with Gasteiger partial charge in [-0.3, -0.25) is 14.4 Å². The highest BCUT2D eigenvalue weighted by molar-refractivity contribution is 5.98. The van der Waals surface area contributed by atoms with E-state index < -0.39 is 53.9 Å². The Morgan fingerprint density at radius 2 is 1.80 bits per heavy atom. The Morgan fingerprint density at radius 3 is 2.41 bits per heavy atom. The molecule has 0 aromatic heterocycles. The number of alkyl halides is 2. The van der Waals surface area contributed by atoms with Gasteiger partial charge in [0.25, 0.3) is 12.3 Å². The predicted molar refractivity (Wildman–Crippen MR) is 142 cm³/mol. The monoisotopic (exact) mass is 582 g/mol. The molecule has 12 heteroatoms. The Bertz CT molecular complexity index is 1250. The van der Waals surface area contributed by atoms with E-state index in [0.717, 1.165) is 17.7 Å². The molecule has 2 aromatic carbocycles. The normalized spacial score (nSPS) is 15.0. The second kappa shape index (κ2) is 13.8. The molecular formula is C29H34F4N2O6. The summed E-state index contributed by atoms with van der Waals surface area (Å²) in [6, 6.07) is 5.80. The Kier molecular flexibility index (Phi) is 10.7. The van der Waals surface area contributed by atoms with Crippen molar-refractivity contribution >= 4 is 23.5 Å². The minimum absolute atomic E-state index is 0.0871. The van der Waals surface area contributed by atoms with Crippen LogP contribution < -0.4 is 10.1 Å². The molecule has 1 unspecified atom stereocenters. The van der Waals surface area contributed by atoms with Crippen molar-refractivity contribution in [2.24, 2.45) is 0 Å². The summed E-state index contributed by atoms with van der Waals surface area (Å²) < 4.78 is 65.6. The number of rotatable bonds is 13. The number of aliphatic carboxylic acids is 1. The van der Waals surface area contributed by atoms with Crippen LogP contribution in [0.2, 0.25) is 0 Å². The molecule has 224 valence electrons. The number of anilines is 1. The van der Waals surface area contributed by atoms with E-state index in [2.05, 4.69) is 5.32 Å². The lowest BCUT2D eigenvalue weighted by Gasteiger charge is -2.36. The molecule has 2 amide bonds. The summed E-state index contributed by atoms with van der Waals surface area (Å²) in [5.41, 5.74) is -0.589. The molecule has 0 saturated heterocycles. The van der Waals surface area contributed by atoms with Crippen LogP contribution in [0.5, 0.6) is 5.75 Å². The third-order valence-electron chi connectivity index (χ3n) is 6.70. The van der Waals surface area contributed by atoms with Gasteiger partial charge in [-0.05, 0) is 55.2 Å². The maximum Gasteiger partial charge on any atom is 0.303 e. The third kappa shape index (κ3) is 8.18. The summed E-state index contributed by atoms with van der Waals surface area (Å²) in [4.78, 5) is 38.9. The molecule has 2 aromatic rings. The maximum atomic E-state index is 15.1. The molecule has 0 aliphatic carbocycles. The van der Waals surface area contributed by atoms with E-state index in [0.29, 0.717) is 24.3 Å². The zero-order chi connectivity index (χ0) is 30.3. The molecule has 1 atom stereocenters. The highest BCUT2D eigenvalue weighted by Gasteiger charge is 2.37. The van der Waals surface area contributed by atoms with Crippen molar-refractivity contribution in [2.45, 2.75) is 64.3 Å². The fourth-order valence-electron chi connectivity index (χ4n) is 4.92. The first-order valence-electron chi connectivity index (χ1n) is 13.3. The van der Waals surface area contributed by atoms with Crippen LogP contribution in [-0.4, -0.2) is 60.6 Å². The zero-order valence-corrected chi connectivity index (χ0v) is 23.1. The molecular weight excluding hydrogens is 548 g/mol. The van der Waals surface area contributed by atoms with E-state index in [4.69, 9.17) is 14.6 Å². The number of carbonyl (C=O) groups is 3. The summed E-state index contributed by atoms with van der Waals surface area (Å²) in [6.45, 7) is 4.08. The average Bonchev–Trinajstić information content (AvgIpc) is 2.86. The van der Waals surface area contributed by atoms with Crippen molar-refractivity contribution in [3.05, 3.63) is 58.7 Å². The topological polar surface area (TPSA) is 105 Å². The summed E-state index contributed by atoms with van der Waals surface area (Å²) >= 11 is 0. The number of carbonyl (C=O) groups excluding carboxylic acids is 2. The van der Waals surface area contributed by atoms with Gasteiger partial charge >= 0.3 is 5.97 Å². The first-order valence-corrected chi connectivity index (χ1v) is 13.3. The van der Waals surface area contributed by atoms with Gasteiger partial charge in [0.15, 0.2) is 0 Å². The minimum atomic E-state index is -2.72. The largest absolute Gasteiger partial charge is 0.494 e. The zero-order valence-electron chi connectivity index (χ0n) is 23.1. The molecule has 2 N–H and O–H groups in total. The molecule has 1 aliphatic heterocycles. The maximum absolute atomic E-state index is 15.1. The second-order valence-corrected chi connectivity index (χ2v) is 10.4. The molecule has 1 heterocycles. The van der Waals surface area contributed by atoms with Crippen LogP contribution in [0.4, 0.5) is 23.2 Å². The smallest absolute Gasteiger partial charge is 0.303 e. The standard InChI is InChI=1S/C29H34F4N2O6/c1-4-41-19-8-9-20-17(12-19)10-11-35(24(36)6-5-7-25(37)38)27(20)28(39)34-18-13-21(30)26(22(31)14-18)29(2,3)16-40-15-23(32)33/h8-9,12-14,23,27H,4-7,10-11,15-16H2,1-3H3,(H,34,39)(H,37,38). The number of carboxylic acids is 1. The number of nitrogens with zero attached hydrogens (tertiary/aromatic N) is 1. The fraction of sp³-hybridized carbons (Fsp3) is 0.483. The molecule has 0 spiro atoms. The van der Waals surface area contributed by atoms with E-state index in [1.807, 2.05) is 6.92 Å². The number of nitrogens with one attached hydrogen (secondary N) is 1. The summed E-state index contributed by atoms with van der Waals surface area (Å²) in [5.74, 6) is -3.60. The quantitative estimate of drug-likeness (QED) is 0.313. The van der Waals surface area contributed by atoms with E-state index in [1.165, 1.54) is 18.7 Å². The van der Waals surface area contributed by atoms with E-state index in [9.17, 15) is 23.2 Å². The van der Waals surface area contributed by atoms with Crippen LogP contribution in [0, 0.1) is 11.6 Å². The van der Waals surface area contributed by atoms with E-state index >= 15 is 8.78 Å². The number of hydrogen-bond donors (Lipinski definition) is 2. The first kappa shape index (κ1) is 31.9. The van der Waals surface area contributed by atoms with Crippen LogP contribution in [-0.2, 0) is 31.0 Å². The van der Waals surface area contributed by atoms with E-state index in [1.54, 1.807) is 18.2 Å². The van der Waals surface area contributed by atoms with Crippen LogP contribution >= 0.6 is 0 Å². The molecule has 41 heavy (non-hydrogen) atoms. The molecule has 8 nitrogen and oxygen atoms in total. The van der Waals surface area contributed by atoms with Gasteiger partial charge in [-0.25, -0.2) is 17.6 Å². The Hall–Kier alpha value is -3.67. The molecule has 0 fully saturated rings. The minimum Gasteiger partial charge on any atom is -0.494 e. The fourth-order valence-corrected chi connectivity index (χ4v) is 4.92. The number of hydrogen-bond acceptors (Lipinski definition) is 5. The first-order chi connectivity index (χ1) is 19.3. The molecule has 1 aliphatic rings. The van der Waals surface area contributed by atoms with Crippen molar-refractivity contribution in [3.8, 4) is 5.75 Å². The molecule has 0 radical (unpaired) electrons. The Morgan fingerprint density at radius 1 is 1.12 bits per heavy atom. The average molecular weight is 583 g/mol. The Balaban J connectivity index is 1.89. The van der Waals surface area contributed by atoms with Crippen molar-refractivity contribution < 1.29 is 46.5 Å². The van der Waals surface area contributed by atoms with Crippen LogP contribution in [0.3, 0.4) is 0 Å². The number of ether oxygens (including phenoxy) is 2. The van der Waals surface area contributed by atoms with Crippen molar-refractivity contribution in [1.29, 1.82) is 0 Å². The van der Waals surface area contributed by atoms with E-state index in [-0.39, 0.29) is 43.7 Å². The predicted octanol–water partition coefficient (Wildman–Crippen LogP) is 5.24. The van der Waals surface area contributed by atoms with Gasteiger partial charge in [-0.2, -0.15) is 0 Å². The van der Waals surface area contributed by atoms with Gasteiger partial charge in [-0.1, -0.05) is 19.9 Å². The number of benzene rings is 2. The highest BCUT2D eigenvalue weighted by Crippen LogP contribution is 2.35. The summed E-state index contributed by atoms with van der Waals surface area (Å²) in [6.07, 6.45) is -2.52. The number of halogens is 4. The molecule has 3 rings (SSSR count). The van der Waals surface area contributed by atoms with Crippen molar-refractivity contribution in [2.75, 3.05) is 31.7 Å². The van der Waals surface area contributed by atoms with Crippen LogP contribution in [0.1, 0.15) is 62.8 Å². The van der Waals surface area contributed by atoms with Crippen LogP contribution in [0.25, 0.3) is 0 Å². The second-order valence-electron chi connectivity index (χ2n) is 10.4. The highest BCUT2D eigenvalue weighted by atomic mass is 19.3. The van der Waals surface area contributed by atoms with Crippen LogP contribution in [0.15, 0.2) is 30.3 Å². The lowest BCUT2D eigenvalue weighted by Crippen LogP contribution is -2.45. The lowest BCUT2D eigenvalue weighted by atomic mass is 9.84. The SMILES string of the molecule is CCOc1ccc2c(c1)CCN(C(=O)CCCC(=O)O)C2C(=O)Nc1cc(F)c(C(C)(C)COCC(F)F)c(F)c1. The Labute approximate surface area is 235 Å². The lowest BCUT2D eigenvalue weighted by molar-refractivity contribution is -0.140. The number of amides is 2. The third-order valence-corrected chi connectivity index (χ3v) is 6.70. The van der Waals surface area contributed by atoms with Gasteiger partial charge in [0.2, 0.25) is 5.91 Å². The van der Waals surface area contributed by atoms with Crippen molar-refractivity contribution in [1.82, 2.24) is 4.90 Å². The number of fused-ring (bicyclic) bond motifs is 1. The van der Waals surface area contributed by atoms with Gasteiger partial charge in [0.1, 0.15) is 30.0 Å². The molecule has 0 bridgehead atoms. The molecule has 0 saturated carbocycles. The summed E-state index contributed by atoms with van der Waals surface area (Å²) in [5, 5.41) is 11.4. The van der Waals surface area contributed by atoms with Gasteiger partial charge < -0.3 is 24.8 Å². The van der Waals surface area contributed by atoms with Gasteiger partial charge in [0, 0.05) is 36.1 Å². The van der Waals surface area contributed by atoms with Crippen molar-refractivity contribution in [3.63, 3.8) is 0 Å².